The standard InChI is InChI=1S/C17H19NO3/c1-13(2)12-20-16-11-7-6-10-15(16)18-17(19)21-14-8-4-3-5-9-14/h3-11,13H,12H2,1-2H3,(H,18,19). The third-order valence-electron chi connectivity index (χ3n) is 2.65. The summed E-state index contributed by atoms with van der Waals surface area (Å²) in [6.45, 7) is 4.73. The molecule has 2 aromatic carbocycles. The number of carbonyl (C=O) groups is 1. The Balaban J connectivity index is 2.00. The van der Waals surface area contributed by atoms with Crippen molar-refractivity contribution in [2.75, 3.05) is 11.9 Å². The fourth-order valence-electron chi connectivity index (χ4n) is 1.68. The van der Waals surface area contributed by atoms with E-state index in [-0.39, 0.29) is 0 Å². The first-order valence-corrected chi connectivity index (χ1v) is 6.91. The number of hydrogen-bond acceptors (Lipinski definition) is 3. The van der Waals surface area contributed by atoms with E-state index in [1.807, 2.05) is 36.4 Å². The molecule has 0 aliphatic heterocycles. The van der Waals surface area contributed by atoms with Crippen LogP contribution < -0.4 is 14.8 Å². The van der Waals surface area contributed by atoms with Crippen LogP contribution in [0.15, 0.2) is 54.6 Å². The maximum absolute atomic E-state index is 11.9. The second-order valence-electron chi connectivity index (χ2n) is 5.03. The smallest absolute Gasteiger partial charge is 0.417 e. The van der Waals surface area contributed by atoms with Gasteiger partial charge in [0.25, 0.3) is 0 Å². The van der Waals surface area contributed by atoms with Gasteiger partial charge in [-0.3, -0.25) is 5.32 Å². The minimum absolute atomic E-state index is 0.411. The van der Waals surface area contributed by atoms with E-state index in [2.05, 4.69) is 19.2 Å². The molecule has 0 unspecified atom stereocenters. The maximum atomic E-state index is 11.9. The SMILES string of the molecule is CC(C)COc1ccccc1NC(=O)Oc1ccccc1. The Hall–Kier alpha value is -2.49. The van der Waals surface area contributed by atoms with Gasteiger partial charge in [0.2, 0.25) is 0 Å². The average molecular weight is 285 g/mol. The van der Waals surface area contributed by atoms with E-state index in [1.165, 1.54) is 0 Å². The molecule has 21 heavy (non-hydrogen) atoms. The molecule has 0 atom stereocenters. The van der Waals surface area contributed by atoms with Gasteiger partial charge in [0.05, 0.1) is 12.3 Å². The normalized spacial score (nSPS) is 10.2. The summed E-state index contributed by atoms with van der Waals surface area (Å²) in [5.74, 6) is 1.54. The summed E-state index contributed by atoms with van der Waals surface area (Å²) in [5.41, 5.74) is 0.596. The molecule has 2 rings (SSSR count). The van der Waals surface area contributed by atoms with Gasteiger partial charge in [-0.05, 0) is 30.2 Å². The van der Waals surface area contributed by atoms with Crippen molar-refractivity contribution in [3.8, 4) is 11.5 Å². The number of rotatable bonds is 5. The first kappa shape index (κ1) is 14.9. The van der Waals surface area contributed by atoms with Gasteiger partial charge >= 0.3 is 6.09 Å². The van der Waals surface area contributed by atoms with Gasteiger partial charge in [-0.1, -0.05) is 44.2 Å². The Morgan fingerprint density at radius 3 is 2.43 bits per heavy atom. The minimum Gasteiger partial charge on any atom is -0.491 e. The summed E-state index contributed by atoms with van der Waals surface area (Å²) < 4.78 is 10.9. The summed E-state index contributed by atoms with van der Waals surface area (Å²) >= 11 is 0. The molecule has 0 radical (unpaired) electrons. The molecule has 0 bridgehead atoms. The molecule has 4 heteroatoms. The predicted octanol–water partition coefficient (Wildman–Crippen LogP) is 4.33. The van der Waals surface area contributed by atoms with Gasteiger partial charge in [-0.15, -0.1) is 0 Å². The Labute approximate surface area is 124 Å². The lowest BCUT2D eigenvalue weighted by molar-refractivity contribution is 0.215. The molecular formula is C17H19NO3. The number of carbonyl (C=O) groups excluding carboxylic acids is 1. The third-order valence-corrected chi connectivity index (χ3v) is 2.65. The van der Waals surface area contributed by atoms with E-state index in [0.29, 0.717) is 29.7 Å². The van der Waals surface area contributed by atoms with E-state index in [4.69, 9.17) is 9.47 Å². The van der Waals surface area contributed by atoms with E-state index in [9.17, 15) is 4.79 Å². The zero-order valence-electron chi connectivity index (χ0n) is 12.2. The number of amides is 1. The summed E-state index contributed by atoms with van der Waals surface area (Å²) in [4.78, 5) is 11.9. The minimum atomic E-state index is -0.540. The van der Waals surface area contributed by atoms with Gasteiger partial charge in [0.15, 0.2) is 0 Å². The molecule has 2 aromatic rings. The van der Waals surface area contributed by atoms with Crippen molar-refractivity contribution in [3.05, 3.63) is 54.6 Å². The Morgan fingerprint density at radius 1 is 1.05 bits per heavy atom. The lowest BCUT2D eigenvalue weighted by atomic mass is 10.2. The first-order valence-electron chi connectivity index (χ1n) is 6.91. The van der Waals surface area contributed by atoms with Gasteiger partial charge in [0.1, 0.15) is 11.5 Å². The van der Waals surface area contributed by atoms with Gasteiger partial charge in [-0.25, -0.2) is 4.79 Å². The van der Waals surface area contributed by atoms with E-state index < -0.39 is 6.09 Å². The zero-order chi connectivity index (χ0) is 15.1. The summed E-state index contributed by atoms with van der Waals surface area (Å²) in [6, 6.07) is 16.2. The Morgan fingerprint density at radius 2 is 1.71 bits per heavy atom. The highest BCUT2D eigenvalue weighted by atomic mass is 16.6. The highest BCUT2D eigenvalue weighted by Gasteiger charge is 2.09. The van der Waals surface area contributed by atoms with Crippen LogP contribution in [0.2, 0.25) is 0 Å². The lowest BCUT2D eigenvalue weighted by Crippen LogP contribution is -2.17. The molecular weight excluding hydrogens is 266 g/mol. The topological polar surface area (TPSA) is 47.6 Å². The highest BCUT2D eigenvalue weighted by molar-refractivity contribution is 5.88. The van der Waals surface area contributed by atoms with Crippen molar-refractivity contribution in [1.82, 2.24) is 0 Å². The van der Waals surface area contributed by atoms with Crippen molar-refractivity contribution in [3.63, 3.8) is 0 Å². The molecule has 0 fully saturated rings. The molecule has 0 saturated carbocycles. The molecule has 0 aromatic heterocycles. The third kappa shape index (κ3) is 4.84. The molecule has 4 nitrogen and oxygen atoms in total. The fourth-order valence-corrected chi connectivity index (χ4v) is 1.68. The number of benzene rings is 2. The number of anilines is 1. The molecule has 0 aliphatic rings. The van der Waals surface area contributed by atoms with Crippen LogP contribution in [0.3, 0.4) is 0 Å². The zero-order valence-corrected chi connectivity index (χ0v) is 12.2. The quantitative estimate of drug-likeness (QED) is 0.889. The van der Waals surface area contributed by atoms with Crippen LogP contribution in [-0.2, 0) is 0 Å². The number of para-hydroxylation sites is 3. The lowest BCUT2D eigenvalue weighted by Gasteiger charge is -2.13. The van der Waals surface area contributed by atoms with Crippen LogP contribution in [0.5, 0.6) is 11.5 Å². The van der Waals surface area contributed by atoms with Crippen LogP contribution in [0.4, 0.5) is 10.5 Å². The monoisotopic (exact) mass is 285 g/mol. The maximum Gasteiger partial charge on any atom is 0.417 e. The first-order chi connectivity index (χ1) is 10.1. The molecule has 0 spiro atoms. The van der Waals surface area contributed by atoms with Crippen molar-refractivity contribution >= 4 is 11.8 Å². The van der Waals surface area contributed by atoms with Gasteiger partial charge < -0.3 is 9.47 Å². The largest absolute Gasteiger partial charge is 0.491 e. The van der Waals surface area contributed by atoms with Crippen LogP contribution in [0.25, 0.3) is 0 Å². The van der Waals surface area contributed by atoms with Crippen LogP contribution in [-0.4, -0.2) is 12.7 Å². The van der Waals surface area contributed by atoms with Crippen LogP contribution in [0, 0.1) is 5.92 Å². The summed E-state index contributed by atoms with van der Waals surface area (Å²) in [6.07, 6.45) is -0.540. The van der Waals surface area contributed by atoms with Gasteiger partial charge in [0, 0.05) is 0 Å². The predicted molar refractivity (Wildman–Crippen MR) is 82.9 cm³/mol. The Bertz CT molecular complexity index is 582. The molecule has 110 valence electrons. The molecule has 1 amide bonds. The number of ether oxygens (including phenoxy) is 2. The van der Waals surface area contributed by atoms with Crippen LogP contribution >= 0.6 is 0 Å². The van der Waals surface area contributed by atoms with E-state index in [1.54, 1.807) is 18.2 Å². The second kappa shape index (κ2) is 7.33. The number of hydrogen-bond donors (Lipinski definition) is 1. The van der Waals surface area contributed by atoms with E-state index >= 15 is 0 Å². The Kier molecular flexibility index (Phi) is 5.21. The van der Waals surface area contributed by atoms with Gasteiger partial charge in [-0.2, -0.15) is 0 Å². The summed E-state index contributed by atoms with van der Waals surface area (Å²) in [7, 11) is 0. The van der Waals surface area contributed by atoms with Crippen LogP contribution in [0.1, 0.15) is 13.8 Å². The van der Waals surface area contributed by atoms with Crippen molar-refractivity contribution in [2.24, 2.45) is 5.92 Å². The van der Waals surface area contributed by atoms with E-state index in [0.717, 1.165) is 0 Å². The molecule has 0 heterocycles. The van der Waals surface area contributed by atoms with Crippen molar-refractivity contribution < 1.29 is 14.3 Å². The second-order valence-corrected chi connectivity index (χ2v) is 5.03. The fraction of sp³-hybridized carbons (Fsp3) is 0.235. The molecule has 0 aliphatic carbocycles. The summed E-state index contributed by atoms with van der Waals surface area (Å²) in [5, 5.41) is 2.70. The molecule has 1 N–H and O–H groups in total. The highest BCUT2D eigenvalue weighted by Crippen LogP contribution is 2.24. The number of nitrogens with one attached hydrogen (secondary N) is 1. The average Bonchev–Trinajstić information content (AvgIpc) is 2.47. The van der Waals surface area contributed by atoms with Crippen molar-refractivity contribution in [1.29, 1.82) is 0 Å². The molecule has 0 saturated heterocycles. The van der Waals surface area contributed by atoms with Crippen molar-refractivity contribution in [2.45, 2.75) is 13.8 Å².